The van der Waals surface area contributed by atoms with Crippen LogP contribution in [0.2, 0.25) is 0 Å². The molecular formula is C29H28N6O4. The molecule has 0 atom stereocenters. The fourth-order valence-electron chi connectivity index (χ4n) is 4.08. The molecule has 0 bridgehead atoms. The van der Waals surface area contributed by atoms with Gasteiger partial charge in [-0.3, -0.25) is 4.57 Å². The molecule has 3 aromatic carbocycles. The lowest BCUT2D eigenvalue weighted by molar-refractivity contribution is 0.131. The van der Waals surface area contributed by atoms with E-state index < -0.39 is 11.6 Å². The van der Waals surface area contributed by atoms with Crippen molar-refractivity contribution in [2.24, 2.45) is 0 Å². The minimum atomic E-state index is -0.526. The van der Waals surface area contributed by atoms with Gasteiger partial charge in [-0.05, 0) is 74.9 Å². The first-order valence-corrected chi connectivity index (χ1v) is 12.3. The molecule has 2 aromatic heterocycles. The third-order valence-electron chi connectivity index (χ3n) is 5.74. The predicted octanol–water partition coefficient (Wildman–Crippen LogP) is 4.97. The predicted molar refractivity (Wildman–Crippen MR) is 148 cm³/mol. The summed E-state index contributed by atoms with van der Waals surface area (Å²) < 4.78 is 14.2. The molecule has 2 heterocycles. The Bertz CT molecular complexity index is 1690. The summed E-state index contributed by atoms with van der Waals surface area (Å²) in [5, 5.41) is 2.75. The molecule has 1 amide bonds. The molecule has 5 rings (SSSR count). The van der Waals surface area contributed by atoms with E-state index in [2.05, 4.69) is 15.3 Å². The first-order valence-electron chi connectivity index (χ1n) is 12.3. The van der Waals surface area contributed by atoms with Gasteiger partial charge in [0.05, 0.1) is 11.4 Å². The number of nitrogen functional groups attached to an aromatic ring is 1. The number of hydrogen-bond acceptors (Lipinski definition) is 7. The van der Waals surface area contributed by atoms with E-state index in [1.54, 1.807) is 42.5 Å². The van der Waals surface area contributed by atoms with Gasteiger partial charge in [0.1, 0.15) is 29.9 Å². The van der Waals surface area contributed by atoms with Crippen LogP contribution in [0.4, 0.5) is 10.6 Å². The number of nitrogens with one attached hydrogen (secondary N) is 1. The molecular weight excluding hydrogens is 496 g/mol. The van der Waals surface area contributed by atoms with Crippen molar-refractivity contribution in [1.82, 2.24) is 24.4 Å². The number of ether oxygens (including phenoxy) is 2. The summed E-state index contributed by atoms with van der Waals surface area (Å²) in [5.74, 6) is 1.49. The van der Waals surface area contributed by atoms with E-state index in [4.69, 9.17) is 15.2 Å². The van der Waals surface area contributed by atoms with Gasteiger partial charge in [-0.2, -0.15) is 0 Å². The number of amides is 1. The fraction of sp³-hybridized carbons (Fsp3) is 0.172. The number of benzene rings is 3. The van der Waals surface area contributed by atoms with Crippen LogP contribution < -0.4 is 21.5 Å². The Labute approximate surface area is 224 Å². The molecule has 3 N–H and O–H groups in total. The highest BCUT2D eigenvalue weighted by Gasteiger charge is 2.21. The number of para-hydroxylation sites is 1. The maximum Gasteiger partial charge on any atom is 0.407 e. The van der Waals surface area contributed by atoms with Gasteiger partial charge in [-0.25, -0.2) is 24.1 Å². The van der Waals surface area contributed by atoms with Crippen LogP contribution in [0.25, 0.3) is 22.5 Å². The number of alkyl carbamates (subject to hydrolysis) is 1. The number of imidazole rings is 1. The number of nitrogens with two attached hydrogens (primary N) is 1. The van der Waals surface area contributed by atoms with Crippen molar-refractivity contribution in [3.05, 3.63) is 101 Å². The lowest BCUT2D eigenvalue weighted by atomic mass is 10.1. The summed E-state index contributed by atoms with van der Waals surface area (Å²) in [6, 6.07) is 23.7. The Hall–Kier alpha value is -5.12. The molecule has 39 heavy (non-hydrogen) atoms. The summed E-state index contributed by atoms with van der Waals surface area (Å²) in [5.41, 5.74) is 7.99. The van der Waals surface area contributed by atoms with Gasteiger partial charge in [0.2, 0.25) is 0 Å². The number of nitrogens with zero attached hydrogens (tertiary/aromatic N) is 4. The van der Waals surface area contributed by atoms with Crippen LogP contribution in [0.3, 0.4) is 0 Å². The number of hydrogen-bond donors (Lipinski definition) is 2. The Morgan fingerprint density at radius 1 is 0.897 bits per heavy atom. The van der Waals surface area contributed by atoms with E-state index in [9.17, 15) is 9.59 Å². The van der Waals surface area contributed by atoms with Gasteiger partial charge in [0.15, 0.2) is 11.5 Å². The van der Waals surface area contributed by atoms with Crippen LogP contribution in [0.1, 0.15) is 26.3 Å². The van der Waals surface area contributed by atoms with E-state index in [1.807, 2.05) is 57.2 Å². The molecule has 10 heteroatoms. The number of fused-ring (bicyclic) bond motifs is 1. The average molecular weight is 525 g/mol. The van der Waals surface area contributed by atoms with Crippen molar-refractivity contribution in [2.45, 2.75) is 32.9 Å². The molecule has 0 aliphatic carbocycles. The summed E-state index contributed by atoms with van der Waals surface area (Å²) in [6.45, 7) is 5.64. The molecule has 0 spiro atoms. The molecule has 0 unspecified atom stereocenters. The van der Waals surface area contributed by atoms with Gasteiger partial charge in [-0.1, -0.05) is 30.3 Å². The summed E-state index contributed by atoms with van der Waals surface area (Å²) >= 11 is 0. The van der Waals surface area contributed by atoms with Crippen LogP contribution in [0, 0.1) is 0 Å². The Balaban J connectivity index is 1.50. The van der Waals surface area contributed by atoms with E-state index in [1.165, 1.54) is 15.5 Å². The van der Waals surface area contributed by atoms with Crippen molar-refractivity contribution in [1.29, 1.82) is 0 Å². The number of rotatable bonds is 6. The average Bonchev–Trinajstić information content (AvgIpc) is 3.21. The second-order valence-corrected chi connectivity index (χ2v) is 9.91. The molecule has 0 saturated carbocycles. The Morgan fingerprint density at radius 3 is 2.33 bits per heavy atom. The zero-order valence-electron chi connectivity index (χ0n) is 21.8. The summed E-state index contributed by atoms with van der Waals surface area (Å²) in [7, 11) is 0. The SMILES string of the molecule is CC(C)(C)NC(=O)OCc1cccc(-n2c(=O)n(-c3ccc(Oc4ccccc4)cc3)c3c(N)ncnc32)c1. The van der Waals surface area contributed by atoms with Crippen LogP contribution in [0.15, 0.2) is 90.0 Å². The van der Waals surface area contributed by atoms with Crippen molar-refractivity contribution in [2.75, 3.05) is 5.73 Å². The Kier molecular flexibility index (Phi) is 6.76. The topological polar surface area (TPSA) is 126 Å². The van der Waals surface area contributed by atoms with Gasteiger partial charge in [-0.15, -0.1) is 0 Å². The zero-order valence-corrected chi connectivity index (χ0v) is 21.8. The van der Waals surface area contributed by atoms with Gasteiger partial charge in [0.25, 0.3) is 0 Å². The zero-order chi connectivity index (χ0) is 27.6. The van der Waals surface area contributed by atoms with Crippen LogP contribution in [-0.2, 0) is 11.3 Å². The second-order valence-electron chi connectivity index (χ2n) is 9.91. The van der Waals surface area contributed by atoms with E-state index >= 15 is 0 Å². The molecule has 5 aromatic rings. The number of carbonyl (C=O) groups excluding carboxylic acids is 1. The minimum absolute atomic E-state index is 0.0309. The third-order valence-corrected chi connectivity index (χ3v) is 5.74. The van der Waals surface area contributed by atoms with Gasteiger partial charge in [0, 0.05) is 5.54 Å². The monoisotopic (exact) mass is 524 g/mol. The Morgan fingerprint density at radius 2 is 1.62 bits per heavy atom. The fourth-order valence-corrected chi connectivity index (χ4v) is 4.08. The van der Waals surface area contributed by atoms with Gasteiger partial charge < -0.3 is 20.5 Å². The maximum atomic E-state index is 13.8. The first-order chi connectivity index (χ1) is 18.7. The lowest BCUT2D eigenvalue weighted by Gasteiger charge is -2.20. The van der Waals surface area contributed by atoms with Crippen LogP contribution in [0.5, 0.6) is 11.5 Å². The summed E-state index contributed by atoms with van der Waals surface area (Å²) in [4.78, 5) is 34.4. The molecule has 0 aliphatic heterocycles. The van der Waals surface area contributed by atoms with Crippen LogP contribution in [-0.4, -0.2) is 30.7 Å². The van der Waals surface area contributed by atoms with Gasteiger partial charge >= 0.3 is 11.8 Å². The second kappa shape index (κ2) is 10.3. The normalized spacial score (nSPS) is 11.4. The van der Waals surface area contributed by atoms with E-state index in [-0.39, 0.29) is 18.1 Å². The number of carbonyl (C=O) groups is 1. The standard InChI is InChI=1S/C29H28N6O4/c1-29(2,3)33-27(36)38-17-19-8-7-9-21(16-19)35-26-24(25(30)31-18-32-26)34(28(35)37)20-12-14-23(15-13-20)39-22-10-5-4-6-11-22/h4-16,18H,17H2,1-3H3,(H,33,36)(H2,30,31,32). The minimum Gasteiger partial charge on any atom is -0.457 e. The largest absolute Gasteiger partial charge is 0.457 e. The van der Waals surface area contributed by atoms with Crippen LogP contribution >= 0.6 is 0 Å². The van der Waals surface area contributed by atoms with Crippen molar-refractivity contribution >= 4 is 23.1 Å². The lowest BCUT2D eigenvalue weighted by Crippen LogP contribution is -2.40. The highest BCUT2D eigenvalue weighted by atomic mass is 16.5. The quantitative estimate of drug-likeness (QED) is 0.321. The third kappa shape index (κ3) is 5.59. The highest BCUT2D eigenvalue weighted by Crippen LogP contribution is 2.26. The molecule has 0 radical (unpaired) electrons. The number of aromatic nitrogens is 4. The smallest absolute Gasteiger partial charge is 0.407 e. The molecule has 198 valence electrons. The van der Waals surface area contributed by atoms with E-state index in [0.29, 0.717) is 39.6 Å². The van der Waals surface area contributed by atoms with Crippen molar-refractivity contribution < 1.29 is 14.3 Å². The maximum absolute atomic E-state index is 13.8. The highest BCUT2D eigenvalue weighted by molar-refractivity contribution is 5.85. The summed E-state index contributed by atoms with van der Waals surface area (Å²) in [6.07, 6.45) is 0.792. The molecule has 0 aliphatic rings. The molecule has 10 nitrogen and oxygen atoms in total. The first kappa shape index (κ1) is 25.5. The molecule has 0 fully saturated rings. The van der Waals surface area contributed by atoms with Crippen molar-refractivity contribution in [3.8, 4) is 22.9 Å². The number of anilines is 1. The van der Waals surface area contributed by atoms with E-state index in [0.717, 1.165) is 0 Å². The molecule has 0 saturated heterocycles. The van der Waals surface area contributed by atoms with Crippen molar-refractivity contribution in [3.63, 3.8) is 0 Å².